The molecule has 0 atom stereocenters. The normalized spacial score (nSPS) is 10.4. The van der Waals surface area contributed by atoms with Crippen LogP contribution in [0, 0.1) is 29.6 Å². The lowest BCUT2D eigenvalue weighted by atomic mass is 10.1. The summed E-state index contributed by atoms with van der Waals surface area (Å²) in [6.07, 6.45) is 1.20. The molecule has 0 radical (unpaired) electrons. The predicted molar refractivity (Wildman–Crippen MR) is 48.2 cm³/mol. The van der Waals surface area contributed by atoms with Crippen LogP contribution < -0.4 is 0 Å². The second-order valence-electron chi connectivity index (χ2n) is 2.69. The zero-order valence-corrected chi connectivity index (χ0v) is 8.41. The van der Waals surface area contributed by atoms with Crippen LogP contribution in [-0.2, 0) is 10.1 Å². The molecule has 7 heteroatoms. The van der Waals surface area contributed by atoms with Gasteiger partial charge in [0.1, 0.15) is 17.0 Å². The molecule has 0 amide bonds. The molecule has 76 valence electrons. The van der Waals surface area contributed by atoms with Gasteiger partial charge < -0.3 is 0 Å². The van der Waals surface area contributed by atoms with Crippen molar-refractivity contribution < 1.29 is 13.0 Å². The summed E-state index contributed by atoms with van der Waals surface area (Å²) in [5.41, 5.74) is -0.465. The van der Waals surface area contributed by atoms with E-state index >= 15 is 0 Å². The van der Waals surface area contributed by atoms with Crippen LogP contribution in [0.5, 0.6) is 0 Å². The molecule has 0 unspecified atom stereocenters. The van der Waals surface area contributed by atoms with Crippen molar-refractivity contribution >= 4 is 10.1 Å². The first-order chi connectivity index (χ1) is 6.91. The molecule has 1 aromatic rings. The first-order valence-corrected chi connectivity index (χ1v) is 5.13. The Labute approximate surface area is 86.2 Å². The molecule has 0 aromatic carbocycles. The van der Waals surface area contributed by atoms with Gasteiger partial charge in [-0.05, 0) is 12.5 Å². The van der Waals surface area contributed by atoms with E-state index in [2.05, 4.69) is 4.98 Å². The minimum Gasteiger partial charge on any atom is -0.282 e. The average molecular weight is 223 g/mol. The number of nitrogens with zero attached hydrogens (tertiary/aromatic N) is 3. The molecule has 0 spiro atoms. The average Bonchev–Trinajstić information content (AvgIpc) is 2.15. The zero-order valence-electron chi connectivity index (χ0n) is 7.59. The summed E-state index contributed by atoms with van der Waals surface area (Å²) >= 11 is 0. The summed E-state index contributed by atoms with van der Waals surface area (Å²) in [7, 11) is -4.62. The van der Waals surface area contributed by atoms with E-state index < -0.39 is 20.7 Å². The SMILES string of the molecule is Cc1cnc(C#N)c(S(=O)(=O)O)c1C#N. The molecule has 6 nitrogen and oxygen atoms in total. The number of nitriles is 2. The Morgan fingerprint density at radius 3 is 2.40 bits per heavy atom. The Kier molecular flexibility index (Phi) is 2.71. The van der Waals surface area contributed by atoms with Gasteiger partial charge in [-0.15, -0.1) is 0 Å². The van der Waals surface area contributed by atoms with Crippen LogP contribution in [0.1, 0.15) is 16.8 Å². The van der Waals surface area contributed by atoms with E-state index in [4.69, 9.17) is 15.1 Å². The van der Waals surface area contributed by atoms with Gasteiger partial charge in [0.2, 0.25) is 0 Å². The Morgan fingerprint density at radius 2 is 2.00 bits per heavy atom. The Hall–Kier alpha value is -1.96. The Bertz CT molecular complexity index is 593. The van der Waals surface area contributed by atoms with Gasteiger partial charge in [0.25, 0.3) is 10.1 Å². The highest BCUT2D eigenvalue weighted by Crippen LogP contribution is 2.20. The monoisotopic (exact) mass is 223 g/mol. The van der Waals surface area contributed by atoms with Crippen molar-refractivity contribution in [1.82, 2.24) is 4.98 Å². The summed E-state index contributed by atoms with van der Waals surface area (Å²) in [5.74, 6) is 0. The van der Waals surface area contributed by atoms with Crippen molar-refractivity contribution in [3.8, 4) is 12.1 Å². The third kappa shape index (κ3) is 1.94. The predicted octanol–water partition coefficient (Wildman–Crippen LogP) is 0.380. The minimum absolute atomic E-state index is 0.260. The number of aromatic nitrogens is 1. The highest BCUT2D eigenvalue weighted by Gasteiger charge is 2.23. The van der Waals surface area contributed by atoms with Crippen LogP contribution in [0.4, 0.5) is 0 Å². The molecule has 0 saturated carbocycles. The zero-order chi connectivity index (χ0) is 11.6. The van der Waals surface area contributed by atoms with Gasteiger partial charge in [-0.1, -0.05) is 0 Å². The second-order valence-corrected chi connectivity index (χ2v) is 4.05. The molecule has 0 aliphatic carbocycles. The van der Waals surface area contributed by atoms with Gasteiger partial charge in [0, 0.05) is 6.20 Å². The van der Waals surface area contributed by atoms with Gasteiger partial charge in [-0.25, -0.2) is 4.98 Å². The standard InChI is InChI=1S/C8H5N3O3S/c1-5-4-11-7(3-10)8(6(5)2-9)15(12,13)14/h4H,1H3,(H,12,13,14). The lowest BCUT2D eigenvalue weighted by Crippen LogP contribution is -2.07. The van der Waals surface area contributed by atoms with Crippen LogP contribution in [-0.4, -0.2) is 18.0 Å². The van der Waals surface area contributed by atoms with Crippen molar-refractivity contribution in [3.05, 3.63) is 23.0 Å². The maximum Gasteiger partial charge on any atom is 0.298 e. The summed E-state index contributed by atoms with van der Waals surface area (Å²) in [4.78, 5) is 2.79. The maximum absolute atomic E-state index is 11.0. The molecule has 0 aliphatic heterocycles. The third-order valence-corrected chi connectivity index (χ3v) is 2.61. The molecular formula is C8H5N3O3S. The van der Waals surface area contributed by atoms with Gasteiger partial charge in [0.15, 0.2) is 5.69 Å². The highest BCUT2D eigenvalue weighted by molar-refractivity contribution is 7.86. The molecule has 1 aromatic heterocycles. The number of hydrogen-bond acceptors (Lipinski definition) is 5. The van der Waals surface area contributed by atoms with Gasteiger partial charge >= 0.3 is 0 Å². The maximum atomic E-state index is 11.0. The van der Waals surface area contributed by atoms with Crippen LogP contribution in [0.15, 0.2) is 11.1 Å². The smallest absolute Gasteiger partial charge is 0.282 e. The highest BCUT2D eigenvalue weighted by atomic mass is 32.2. The molecule has 0 aliphatic rings. The number of rotatable bonds is 1. The molecule has 1 heterocycles. The van der Waals surface area contributed by atoms with Gasteiger partial charge in [-0.2, -0.15) is 18.9 Å². The topological polar surface area (TPSA) is 115 Å². The third-order valence-electron chi connectivity index (χ3n) is 1.70. The molecule has 0 bridgehead atoms. The lowest BCUT2D eigenvalue weighted by Gasteiger charge is -2.03. The molecule has 0 saturated heterocycles. The van der Waals surface area contributed by atoms with Gasteiger partial charge in [-0.3, -0.25) is 4.55 Å². The van der Waals surface area contributed by atoms with E-state index in [1.54, 1.807) is 6.07 Å². The largest absolute Gasteiger partial charge is 0.298 e. The Morgan fingerprint density at radius 1 is 1.40 bits per heavy atom. The van der Waals surface area contributed by atoms with Crippen molar-refractivity contribution in [3.63, 3.8) is 0 Å². The van der Waals surface area contributed by atoms with E-state index in [1.807, 2.05) is 0 Å². The van der Waals surface area contributed by atoms with Crippen LogP contribution >= 0.6 is 0 Å². The summed E-state index contributed by atoms with van der Waals surface area (Å²) in [5, 5.41) is 17.3. The van der Waals surface area contributed by atoms with Crippen molar-refractivity contribution in [2.75, 3.05) is 0 Å². The molecule has 1 N–H and O–H groups in total. The minimum atomic E-state index is -4.62. The van der Waals surface area contributed by atoms with Crippen LogP contribution in [0.2, 0.25) is 0 Å². The molecular weight excluding hydrogens is 218 g/mol. The fourth-order valence-corrected chi connectivity index (χ4v) is 1.86. The fourth-order valence-electron chi connectivity index (χ4n) is 1.05. The van der Waals surface area contributed by atoms with E-state index in [0.717, 1.165) is 0 Å². The fraction of sp³-hybridized carbons (Fsp3) is 0.125. The van der Waals surface area contributed by atoms with Gasteiger partial charge in [0.05, 0.1) is 5.56 Å². The van der Waals surface area contributed by atoms with E-state index in [1.165, 1.54) is 19.2 Å². The van der Waals surface area contributed by atoms with Crippen molar-refractivity contribution in [2.45, 2.75) is 11.8 Å². The van der Waals surface area contributed by atoms with Crippen LogP contribution in [0.25, 0.3) is 0 Å². The summed E-state index contributed by atoms with van der Waals surface area (Å²) in [6.45, 7) is 1.46. The van der Waals surface area contributed by atoms with Crippen molar-refractivity contribution in [2.24, 2.45) is 0 Å². The molecule has 15 heavy (non-hydrogen) atoms. The first kappa shape index (κ1) is 11.1. The Balaban J connectivity index is 3.84. The summed E-state index contributed by atoms with van der Waals surface area (Å²) in [6, 6.07) is 3.12. The molecule has 1 rings (SSSR count). The quantitative estimate of drug-likeness (QED) is 0.688. The second kappa shape index (κ2) is 3.65. The molecule has 0 fully saturated rings. The lowest BCUT2D eigenvalue weighted by molar-refractivity contribution is 0.482. The van der Waals surface area contributed by atoms with Crippen molar-refractivity contribution in [1.29, 1.82) is 10.5 Å². The number of pyridine rings is 1. The van der Waals surface area contributed by atoms with E-state index in [-0.39, 0.29) is 11.1 Å². The number of hydrogen-bond donors (Lipinski definition) is 1. The first-order valence-electron chi connectivity index (χ1n) is 3.69. The van der Waals surface area contributed by atoms with E-state index in [9.17, 15) is 8.42 Å². The summed E-state index contributed by atoms with van der Waals surface area (Å²) < 4.78 is 30.8. The van der Waals surface area contributed by atoms with E-state index in [0.29, 0.717) is 0 Å². The number of aryl methyl sites for hydroxylation is 1. The van der Waals surface area contributed by atoms with Crippen LogP contribution in [0.3, 0.4) is 0 Å².